The molecule has 6 heteroatoms. The average Bonchev–Trinajstić information content (AvgIpc) is 2.41. The van der Waals surface area contributed by atoms with Crippen LogP contribution < -0.4 is 10.6 Å². The monoisotopic (exact) mass is 334 g/mol. The van der Waals surface area contributed by atoms with Gasteiger partial charge in [0.15, 0.2) is 0 Å². The Kier molecular flexibility index (Phi) is 4.37. The maximum absolute atomic E-state index is 12.0. The quantitative estimate of drug-likeness (QED) is 0.798. The third-order valence-electron chi connectivity index (χ3n) is 2.51. The van der Waals surface area contributed by atoms with Gasteiger partial charge in [0, 0.05) is 15.8 Å². The highest BCUT2D eigenvalue weighted by atomic mass is 79.9. The number of anilines is 2. The molecule has 0 aromatic heterocycles. The van der Waals surface area contributed by atoms with Gasteiger partial charge in [0.2, 0.25) is 0 Å². The second kappa shape index (κ2) is 6.21. The Morgan fingerprint density at radius 1 is 0.900 bits per heavy atom. The molecule has 0 aliphatic heterocycles. The molecule has 0 radical (unpaired) electrons. The Hall–Kier alpha value is -2.34. The topological polar surface area (TPSA) is 78.4 Å². The molecule has 2 rings (SSSR count). The van der Waals surface area contributed by atoms with Gasteiger partial charge in [-0.05, 0) is 52.3 Å². The fourth-order valence-electron chi connectivity index (χ4n) is 1.60. The number of hydrogen-bond acceptors (Lipinski definition) is 2. The fourth-order valence-corrected chi connectivity index (χ4v) is 2.07. The van der Waals surface area contributed by atoms with Crippen LogP contribution in [0.1, 0.15) is 10.4 Å². The molecule has 0 bridgehead atoms. The van der Waals surface area contributed by atoms with Crippen LogP contribution in [-0.4, -0.2) is 17.1 Å². The average molecular weight is 335 g/mol. The molecule has 0 fully saturated rings. The minimum Gasteiger partial charge on any atom is -0.465 e. The van der Waals surface area contributed by atoms with Gasteiger partial charge in [0.05, 0.1) is 5.56 Å². The van der Waals surface area contributed by atoms with Crippen molar-refractivity contribution in [1.82, 2.24) is 0 Å². The smallest absolute Gasteiger partial charge is 0.409 e. The van der Waals surface area contributed by atoms with Crippen molar-refractivity contribution >= 4 is 39.3 Å². The number of benzene rings is 2. The fraction of sp³-hybridized carbons (Fsp3) is 0. The third-order valence-corrected chi connectivity index (χ3v) is 3.20. The number of carboxylic acid groups (broad SMARTS) is 1. The lowest BCUT2D eigenvalue weighted by atomic mass is 10.2. The van der Waals surface area contributed by atoms with Crippen molar-refractivity contribution in [2.75, 3.05) is 10.6 Å². The minimum absolute atomic E-state index is 0.239. The maximum atomic E-state index is 12.0. The number of hydrogen-bond donors (Lipinski definition) is 3. The Labute approximate surface area is 123 Å². The molecular weight excluding hydrogens is 324 g/mol. The summed E-state index contributed by atoms with van der Waals surface area (Å²) in [5, 5.41) is 13.5. The molecule has 102 valence electrons. The van der Waals surface area contributed by atoms with E-state index in [4.69, 9.17) is 5.11 Å². The van der Waals surface area contributed by atoms with E-state index >= 15 is 0 Å². The van der Waals surface area contributed by atoms with Gasteiger partial charge in [-0.1, -0.05) is 12.1 Å². The predicted octanol–water partition coefficient (Wildman–Crippen LogP) is 3.79. The first kappa shape index (κ1) is 14.1. The van der Waals surface area contributed by atoms with Crippen molar-refractivity contribution < 1.29 is 14.7 Å². The Morgan fingerprint density at radius 3 is 2.00 bits per heavy atom. The van der Waals surface area contributed by atoms with E-state index in [1.807, 2.05) is 6.07 Å². The SMILES string of the molecule is O=C(O)Nc1ccc(NC(=O)c2ccccc2Br)cc1. The first-order valence-corrected chi connectivity index (χ1v) is 6.51. The molecule has 0 aliphatic rings. The van der Waals surface area contributed by atoms with Gasteiger partial charge >= 0.3 is 6.09 Å². The Bertz CT molecular complexity index is 641. The summed E-state index contributed by atoms with van der Waals surface area (Å²) in [6.45, 7) is 0. The highest BCUT2D eigenvalue weighted by Gasteiger charge is 2.09. The first-order valence-electron chi connectivity index (χ1n) is 5.72. The molecule has 2 aromatic carbocycles. The van der Waals surface area contributed by atoms with Crippen molar-refractivity contribution in [2.24, 2.45) is 0 Å². The second-order valence-electron chi connectivity index (χ2n) is 3.94. The van der Waals surface area contributed by atoms with E-state index in [2.05, 4.69) is 26.6 Å². The highest BCUT2D eigenvalue weighted by molar-refractivity contribution is 9.10. The number of carbonyl (C=O) groups is 2. The van der Waals surface area contributed by atoms with E-state index in [0.29, 0.717) is 21.4 Å². The van der Waals surface area contributed by atoms with E-state index in [1.54, 1.807) is 42.5 Å². The van der Waals surface area contributed by atoms with Gasteiger partial charge in [-0.25, -0.2) is 4.79 Å². The minimum atomic E-state index is -1.13. The van der Waals surface area contributed by atoms with Crippen molar-refractivity contribution in [3.63, 3.8) is 0 Å². The van der Waals surface area contributed by atoms with Crippen LogP contribution in [0.15, 0.2) is 53.0 Å². The van der Waals surface area contributed by atoms with Crippen LogP contribution in [0.3, 0.4) is 0 Å². The van der Waals surface area contributed by atoms with E-state index in [-0.39, 0.29) is 5.91 Å². The van der Waals surface area contributed by atoms with Crippen LogP contribution in [0.5, 0.6) is 0 Å². The van der Waals surface area contributed by atoms with Gasteiger partial charge in [0.25, 0.3) is 5.91 Å². The number of amides is 2. The zero-order chi connectivity index (χ0) is 14.5. The van der Waals surface area contributed by atoms with Crippen molar-refractivity contribution in [1.29, 1.82) is 0 Å². The predicted molar refractivity (Wildman–Crippen MR) is 80.2 cm³/mol. The van der Waals surface area contributed by atoms with Gasteiger partial charge in [-0.2, -0.15) is 0 Å². The van der Waals surface area contributed by atoms with Gasteiger partial charge in [-0.15, -0.1) is 0 Å². The molecule has 0 aliphatic carbocycles. The van der Waals surface area contributed by atoms with E-state index < -0.39 is 6.09 Å². The number of rotatable bonds is 3. The van der Waals surface area contributed by atoms with Crippen molar-refractivity contribution in [3.05, 3.63) is 58.6 Å². The molecule has 0 atom stereocenters. The van der Waals surface area contributed by atoms with Crippen molar-refractivity contribution in [3.8, 4) is 0 Å². The normalized spacial score (nSPS) is 9.85. The summed E-state index contributed by atoms with van der Waals surface area (Å²) in [6, 6.07) is 13.5. The lowest BCUT2D eigenvalue weighted by Gasteiger charge is -2.07. The summed E-state index contributed by atoms with van der Waals surface area (Å²) in [5.41, 5.74) is 1.55. The summed E-state index contributed by atoms with van der Waals surface area (Å²) in [7, 11) is 0. The molecule has 2 amide bonds. The molecule has 0 saturated carbocycles. The largest absolute Gasteiger partial charge is 0.465 e. The lowest BCUT2D eigenvalue weighted by Crippen LogP contribution is -2.12. The number of carbonyl (C=O) groups excluding carboxylic acids is 1. The van der Waals surface area contributed by atoms with E-state index in [9.17, 15) is 9.59 Å². The van der Waals surface area contributed by atoms with Gasteiger partial charge in [-0.3, -0.25) is 10.1 Å². The Morgan fingerprint density at radius 2 is 1.45 bits per heavy atom. The Balaban J connectivity index is 2.09. The highest BCUT2D eigenvalue weighted by Crippen LogP contribution is 2.19. The summed E-state index contributed by atoms with van der Waals surface area (Å²) in [4.78, 5) is 22.5. The van der Waals surface area contributed by atoms with Crippen LogP contribution in [0.2, 0.25) is 0 Å². The third kappa shape index (κ3) is 3.58. The molecule has 5 nitrogen and oxygen atoms in total. The molecule has 0 saturated heterocycles. The van der Waals surface area contributed by atoms with Crippen LogP contribution in [-0.2, 0) is 0 Å². The maximum Gasteiger partial charge on any atom is 0.409 e. The van der Waals surface area contributed by atoms with Crippen molar-refractivity contribution in [2.45, 2.75) is 0 Å². The summed E-state index contributed by atoms with van der Waals surface area (Å²) < 4.78 is 0.710. The molecule has 0 unspecified atom stereocenters. The molecule has 0 heterocycles. The summed E-state index contributed by atoms with van der Waals surface area (Å²) in [6.07, 6.45) is -1.13. The van der Waals surface area contributed by atoms with Crippen LogP contribution in [0.4, 0.5) is 16.2 Å². The molecule has 2 aromatic rings. The van der Waals surface area contributed by atoms with Gasteiger partial charge in [0.1, 0.15) is 0 Å². The van der Waals surface area contributed by atoms with Crippen LogP contribution in [0, 0.1) is 0 Å². The lowest BCUT2D eigenvalue weighted by molar-refractivity contribution is 0.102. The van der Waals surface area contributed by atoms with Crippen LogP contribution >= 0.6 is 15.9 Å². The van der Waals surface area contributed by atoms with Crippen LogP contribution in [0.25, 0.3) is 0 Å². The molecule has 3 N–H and O–H groups in total. The molecular formula is C14H11BrN2O3. The number of halogens is 1. The zero-order valence-corrected chi connectivity index (χ0v) is 11.8. The molecule has 20 heavy (non-hydrogen) atoms. The first-order chi connectivity index (χ1) is 9.56. The second-order valence-corrected chi connectivity index (χ2v) is 4.80. The van der Waals surface area contributed by atoms with E-state index in [0.717, 1.165) is 0 Å². The molecule has 0 spiro atoms. The zero-order valence-electron chi connectivity index (χ0n) is 10.3. The summed E-state index contributed by atoms with van der Waals surface area (Å²) in [5.74, 6) is -0.239. The van der Waals surface area contributed by atoms with Gasteiger partial charge < -0.3 is 10.4 Å². The standard InChI is InChI=1S/C14H11BrN2O3/c15-12-4-2-1-3-11(12)13(18)16-9-5-7-10(8-6-9)17-14(19)20/h1-8,17H,(H,16,18)(H,19,20). The van der Waals surface area contributed by atoms with E-state index in [1.165, 1.54) is 0 Å². The summed E-state index contributed by atoms with van der Waals surface area (Å²) >= 11 is 3.31. The number of nitrogens with one attached hydrogen (secondary N) is 2.